The number of allylic oxidation sites excluding steroid dienone is 1. The van der Waals surface area contributed by atoms with Gasteiger partial charge >= 0.3 is 6.09 Å². The quantitative estimate of drug-likeness (QED) is 0.0364. The highest BCUT2D eigenvalue weighted by molar-refractivity contribution is 6.03. The van der Waals surface area contributed by atoms with Gasteiger partial charge in [-0.15, -0.1) is 6.58 Å². The Morgan fingerprint density at radius 3 is 2.47 bits per heavy atom. The second-order valence-electron chi connectivity index (χ2n) is 15.3. The number of nitro benzene ring substituents is 1. The number of aliphatic hydroxyl groups is 2. The van der Waals surface area contributed by atoms with Crippen LogP contribution in [-0.2, 0) is 20.9 Å². The number of nitro groups is 1. The molecule has 0 spiro atoms. The van der Waals surface area contributed by atoms with Crippen molar-refractivity contribution >= 4 is 29.5 Å². The molecule has 2 aliphatic carbocycles. The lowest BCUT2D eigenvalue weighted by molar-refractivity contribution is -0.384. The first kappa shape index (κ1) is 43.7. The van der Waals surface area contributed by atoms with E-state index in [0.29, 0.717) is 35.6 Å². The molecule has 3 N–H and O–H groups in total. The number of hydrogen-bond donors (Lipinski definition) is 3. The van der Waals surface area contributed by atoms with Crippen molar-refractivity contribution in [3.05, 3.63) is 130 Å². The summed E-state index contributed by atoms with van der Waals surface area (Å²) >= 11 is 0. The number of ether oxygens (including phenoxy) is 3. The topological polar surface area (TPSA) is 182 Å². The van der Waals surface area contributed by atoms with Crippen LogP contribution in [0.2, 0.25) is 0 Å². The predicted molar refractivity (Wildman–Crippen MR) is 226 cm³/mol. The minimum atomic E-state index is -1.46. The van der Waals surface area contributed by atoms with Gasteiger partial charge in [0.15, 0.2) is 0 Å². The van der Waals surface area contributed by atoms with Gasteiger partial charge in [-0.05, 0) is 90.6 Å². The second kappa shape index (κ2) is 20.4. The van der Waals surface area contributed by atoms with Crippen molar-refractivity contribution in [2.24, 2.45) is 22.9 Å². The van der Waals surface area contributed by atoms with Crippen molar-refractivity contribution in [1.29, 1.82) is 0 Å². The summed E-state index contributed by atoms with van der Waals surface area (Å²) in [6.45, 7) is 4.45. The fourth-order valence-electron chi connectivity index (χ4n) is 8.96. The largest absolute Gasteiger partial charge is 0.459 e. The number of non-ortho nitro benzene ring substituents is 1. The summed E-state index contributed by atoms with van der Waals surface area (Å²) in [4.78, 5) is 45.1. The second-order valence-corrected chi connectivity index (χ2v) is 15.3. The summed E-state index contributed by atoms with van der Waals surface area (Å²) in [5.74, 6) is -1.83. The lowest BCUT2D eigenvalue weighted by Crippen LogP contribution is -2.69. The van der Waals surface area contributed by atoms with Crippen LogP contribution < -0.4 is 14.8 Å². The van der Waals surface area contributed by atoms with Gasteiger partial charge in [0.25, 0.3) is 5.69 Å². The lowest BCUT2D eigenvalue weighted by Gasteiger charge is -2.59. The van der Waals surface area contributed by atoms with E-state index in [1.54, 1.807) is 48.4 Å². The zero-order valence-corrected chi connectivity index (χ0v) is 34.1. The van der Waals surface area contributed by atoms with Crippen molar-refractivity contribution in [1.82, 2.24) is 10.2 Å². The molecule has 0 bridgehead atoms. The number of nitrogens with zero attached hydrogens (tertiary/aromatic N) is 3. The Morgan fingerprint density at radius 2 is 1.78 bits per heavy atom. The molecule has 1 aliphatic heterocycles. The van der Waals surface area contributed by atoms with E-state index in [9.17, 15) is 29.9 Å². The summed E-state index contributed by atoms with van der Waals surface area (Å²) in [7, 11) is 3.17. The van der Waals surface area contributed by atoms with E-state index >= 15 is 0 Å². The molecule has 6 rings (SSSR count). The van der Waals surface area contributed by atoms with Crippen LogP contribution in [0.4, 0.5) is 10.5 Å². The molecular formula is C46H54N4O10. The lowest BCUT2D eigenvalue weighted by atomic mass is 9.55. The third kappa shape index (κ3) is 9.78. The van der Waals surface area contributed by atoms with Crippen LogP contribution in [0.15, 0.2) is 108 Å². The van der Waals surface area contributed by atoms with Crippen LogP contribution in [0, 0.1) is 27.9 Å². The Bertz CT molecular complexity index is 2070. The number of likely N-dealkylation sites (N-methyl/N-ethyl adjacent to an activating group) is 1. The number of carbonyl (C=O) groups is 2. The number of unbranched alkanes of at least 4 members (excludes halogenated alkanes) is 2. The monoisotopic (exact) mass is 822 g/mol. The molecule has 14 nitrogen and oxygen atoms in total. The highest BCUT2D eigenvalue weighted by Gasteiger charge is 2.65. The van der Waals surface area contributed by atoms with Crippen LogP contribution in [0.1, 0.15) is 67.6 Å². The first-order valence-electron chi connectivity index (χ1n) is 20.4. The van der Waals surface area contributed by atoms with E-state index in [-0.39, 0.29) is 62.1 Å². The molecule has 3 aliphatic rings. The minimum Gasteiger partial charge on any atom is -0.459 e. The Balaban J connectivity index is 1.45. The number of nitrogens with one attached hydrogen (secondary N) is 1. The fourth-order valence-corrected chi connectivity index (χ4v) is 8.96. The molecule has 3 aromatic carbocycles. The van der Waals surface area contributed by atoms with E-state index in [0.717, 1.165) is 42.4 Å². The minimum absolute atomic E-state index is 0.0221. The molecule has 0 saturated heterocycles. The van der Waals surface area contributed by atoms with Crippen LogP contribution in [0.25, 0.3) is 6.08 Å². The molecule has 318 valence electrons. The maximum atomic E-state index is 14.2. The number of carbonyl (C=O) groups excluding carboxylic acids is 2. The average Bonchev–Trinajstić information content (AvgIpc) is 3.26. The molecule has 60 heavy (non-hydrogen) atoms. The van der Waals surface area contributed by atoms with Gasteiger partial charge in [-0.25, -0.2) is 4.79 Å². The highest BCUT2D eigenvalue weighted by Crippen LogP contribution is 2.61. The predicted octanol–water partition coefficient (Wildman–Crippen LogP) is 7.32. The zero-order valence-electron chi connectivity index (χ0n) is 34.1. The third-order valence-electron chi connectivity index (χ3n) is 11.7. The van der Waals surface area contributed by atoms with Gasteiger partial charge in [-0.2, -0.15) is 0 Å². The number of hydrogen-bond acceptors (Lipinski definition) is 11. The average molecular weight is 823 g/mol. The van der Waals surface area contributed by atoms with Crippen molar-refractivity contribution in [3.8, 4) is 11.5 Å². The van der Waals surface area contributed by atoms with Gasteiger partial charge in [0.05, 0.1) is 23.2 Å². The summed E-state index contributed by atoms with van der Waals surface area (Å²) in [5.41, 5.74) is 3.79. The molecular weight excluding hydrogens is 769 g/mol. The van der Waals surface area contributed by atoms with Crippen molar-refractivity contribution in [2.45, 2.75) is 69.2 Å². The van der Waals surface area contributed by atoms with Gasteiger partial charge in [0.2, 0.25) is 11.7 Å². The van der Waals surface area contributed by atoms with Gasteiger partial charge in [-0.3, -0.25) is 14.9 Å². The third-order valence-corrected chi connectivity index (χ3v) is 11.7. The van der Waals surface area contributed by atoms with Gasteiger partial charge in [0.1, 0.15) is 24.7 Å². The highest BCUT2D eigenvalue weighted by atomic mass is 16.7. The number of amides is 2. The summed E-state index contributed by atoms with van der Waals surface area (Å²) in [6.07, 6.45) is 10.8. The number of fused-ring (bicyclic) bond motifs is 2. The van der Waals surface area contributed by atoms with E-state index in [1.165, 1.54) is 25.3 Å². The normalized spacial score (nSPS) is 23.4. The molecule has 1 fully saturated rings. The van der Waals surface area contributed by atoms with Crippen molar-refractivity contribution < 1.29 is 43.8 Å². The number of rotatable bonds is 19. The first-order chi connectivity index (χ1) is 29.1. The van der Waals surface area contributed by atoms with Gasteiger partial charge in [-0.1, -0.05) is 60.5 Å². The Kier molecular flexibility index (Phi) is 14.9. The summed E-state index contributed by atoms with van der Waals surface area (Å²) in [5, 5.41) is 38.2. The molecule has 0 radical (unpaired) electrons. The van der Waals surface area contributed by atoms with Crippen LogP contribution in [0.3, 0.4) is 0 Å². The Morgan fingerprint density at radius 1 is 1.05 bits per heavy atom. The molecule has 1 heterocycles. The van der Waals surface area contributed by atoms with E-state index < -0.39 is 28.8 Å². The number of oxime groups is 1. The summed E-state index contributed by atoms with van der Waals surface area (Å²) < 4.78 is 19.9. The molecule has 14 heteroatoms. The van der Waals surface area contributed by atoms with Gasteiger partial charge < -0.3 is 39.5 Å². The molecule has 0 aromatic heterocycles. The standard InChI is InChI=1S/C46H54N4O10/c1-4-26-58-46-41(49(2)42(53)23-18-31-16-19-34(20-17-31)50(55)56)29-39(48-57-3)37-27-33(14-8-10-24-51)36(15-9-11-25-52)43(44(37)46)38-28-35(21-22-40(38)60-46)59-45(54)47-30-32-12-6-5-7-13-32/h4-7,12-13,16-23,27-28,33,36,41,43-44,51-52H,1,8-11,14-15,24-26,29-30H2,2-3H3,(H,47,54)/t33-,36+,41-,43+,44+,46+/m0/s1. The maximum absolute atomic E-state index is 14.2. The molecule has 0 unspecified atom stereocenters. The zero-order chi connectivity index (χ0) is 42.6. The maximum Gasteiger partial charge on any atom is 0.412 e. The molecule has 2 amide bonds. The van der Waals surface area contributed by atoms with Crippen LogP contribution in [0.5, 0.6) is 11.5 Å². The van der Waals surface area contributed by atoms with Crippen molar-refractivity contribution in [2.75, 3.05) is 34.0 Å². The fraction of sp³-hybridized carbons (Fsp3) is 0.413. The summed E-state index contributed by atoms with van der Waals surface area (Å²) in [6, 6.07) is 20.0. The van der Waals surface area contributed by atoms with E-state index in [1.807, 2.05) is 36.4 Å². The molecule has 3 aromatic rings. The number of benzene rings is 3. The van der Waals surface area contributed by atoms with Gasteiger partial charge in [0, 0.05) is 62.9 Å². The molecule has 1 saturated carbocycles. The number of aliphatic hydroxyl groups excluding tert-OH is 2. The molecule has 6 atom stereocenters. The van der Waals surface area contributed by atoms with Crippen LogP contribution >= 0.6 is 0 Å². The SMILES string of the molecule is C=CCO[C@@]12Oc3ccc(OC(=O)NCc4ccccc4)cc3[C@H]3[C@H](CCCCO)[C@@H](CCCCO)C=C(C(=NOC)C[C@@H]1N(C)C(=O)C=Cc1ccc([N+](=O)[O-])cc1)[C@H]32. The Labute approximate surface area is 350 Å². The first-order valence-corrected chi connectivity index (χ1v) is 20.4. The smallest absolute Gasteiger partial charge is 0.412 e. The van der Waals surface area contributed by atoms with Crippen LogP contribution in [-0.4, -0.2) is 83.6 Å². The van der Waals surface area contributed by atoms with E-state index in [4.69, 9.17) is 19.0 Å². The van der Waals surface area contributed by atoms with Crippen molar-refractivity contribution in [3.63, 3.8) is 0 Å². The van der Waals surface area contributed by atoms with E-state index in [2.05, 4.69) is 23.1 Å². The Hall–Kier alpha value is -5.83.